The molecular formula is C22H20N4O3. The number of hydrogen-bond acceptors (Lipinski definition) is 4. The molecule has 0 saturated heterocycles. The van der Waals surface area contributed by atoms with Gasteiger partial charge in [-0.1, -0.05) is 49.4 Å². The number of nitrogens with zero attached hydrogens (tertiary/aromatic N) is 3. The number of benzene rings is 2. The second-order valence-corrected chi connectivity index (χ2v) is 6.84. The van der Waals surface area contributed by atoms with Gasteiger partial charge in [0.2, 0.25) is 0 Å². The molecule has 0 fully saturated rings. The van der Waals surface area contributed by atoms with Crippen LogP contribution in [0.3, 0.4) is 0 Å². The maximum absolute atomic E-state index is 12.4. The van der Waals surface area contributed by atoms with Crippen LogP contribution < -0.4 is 5.56 Å². The summed E-state index contributed by atoms with van der Waals surface area (Å²) in [5.74, 6) is -0.210. The van der Waals surface area contributed by atoms with E-state index in [1.54, 1.807) is 18.2 Å². The Labute approximate surface area is 166 Å². The summed E-state index contributed by atoms with van der Waals surface area (Å²) in [6.07, 6.45) is 0.682. The number of H-pyrrole nitrogens is 1. The van der Waals surface area contributed by atoms with Gasteiger partial charge in [-0.25, -0.2) is 14.9 Å². The fourth-order valence-electron chi connectivity index (χ4n) is 3.55. The van der Waals surface area contributed by atoms with Gasteiger partial charge in [0.1, 0.15) is 16.9 Å². The first kappa shape index (κ1) is 18.6. The predicted octanol–water partition coefficient (Wildman–Crippen LogP) is 3.40. The standard InChI is InChI=1S/C22H20N4O3/c1-3-18-19-20(21(27)25-24-18)26(13(2)23-19)12-14-8-10-15(11-9-14)16-6-4-5-7-17(16)22(28)29/h4-11H,3,12H2,1-2H3,(H,25,27)(H,28,29). The maximum Gasteiger partial charge on any atom is 0.336 e. The topological polar surface area (TPSA) is 101 Å². The molecule has 2 aromatic carbocycles. The van der Waals surface area contributed by atoms with Crippen molar-refractivity contribution in [2.24, 2.45) is 0 Å². The molecule has 0 atom stereocenters. The Hall–Kier alpha value is -3.74. The smallest absolute Gasteiger partial charge is 0.336 e. The van der Waals surface area contributed by atoms with Crippen molar-refractivity contribution in [3.63, 3.8) is 0 Å². The summed E-state index contributed by atoms with van der Waals surface area (Å²) < 4.78 is 1.88. The van der Waals surface area contributed by atoms with E-state index in [0.717, 1.165) is 22.6 Å². The SMILES string of the molecule is CCc1n[nH]c(=O)c2c1nc(C)n2Cc1ccc(-c2ccccc2C(=O)O)cc1. The van der Waals surface area contributed by atoms with Gasteiger partial charge < -0.3 is 9.67 Å². The van der Waals surface area contributed by atoms with E-state index >= 15 is 0 Å². The molecule has 2 N–H and O–H groups in total. The minimum Gasteiger partial charge on any atom is -0.478 e. The zero-order valence-electron chi connectivity index (χ0n) is 16.1. The summed E-state index contributed by atoms with van der Waals surface area (Å²) in [5, 5.41) is 16.1. The number of hydrogen-bond donors (Lipinski definition) is 2. The molecule has 29 heavy (non-hydrogen) atoms. The monoisotopic (exact) mass is 388 g/mol. The molecule has 0 saturated carbocycles. The second-order valence-electron chi connectivity index (χ2n) is 6.84. The van der Waals surface area contributed by atoms with E-state index in [-0.39, 0.29) is 11.1 Å². The highest BCUT2D eigenvalue weighted by Crippen LogP contribution is 2.25. The lowest BCUT2D eigenvalue weighted by Gasteiger charge is -2.09. The lowest BCUT2D eigenvalue weighted by atomic mass is 9.99. The first-order valence-corrected chi connectivity index (χ1v) is 9.35. The fraction of sp³-hybridized carbons (Fsp3) is 0.182. The molecule has 0 aliphatic carbocycles. The molecule has 0 radical (unpaired) electrons. The molecule has 0 aliphatic rings. The Balaban J connectivity index is 1.72. The molecule has 4 aromatic rings. The second kappa shape index (κ2) is 7.35. The quantitative estimate of drug-likeness (QED) is 0.546. The summed E-state index contributed by atoms with van der Waals surface area (Å²) in [4.78, 5) is 28.4. The van der Waals surface area contributed by atoms with E-state index in [2.05, 4.69) is 15.2 Å². The number of rotatable bonds is 5. The normalized spacial score (nSPS) is 11.1. The van der Waals surface area contributed by atoms with E-state index in [1.165, 1.54) is 0 Å². The van der Waals surface area contributed by atoms with E-state index in [4.69, 9.17) is 0 Å². The van der Waals surface area contributed by atoms with Crippen LogP contribution in [0.15, 0.2) is 53.3 Å². The van der Waals surface area contributed by atoms with Crippen molar-refractivity contribution in [1.82, 2.24) is 19.7 Å². The number of aromatic amines is 1. The van der Waals surface area contributed by atoms with Crippen LogP contribution in [0.25, 0.3) is 22.2 Å². The number of aromatic nitrogens is 4. The first-order chi connectivity index (χ1) is 14.0. The Morgan fingerprint density at radius 2 is 1.86 bits per heavy atom. The van der Waals surface area contributed by atoms with E-state index < -0.39 is 5.97 Å². The molecule has 146 valence electrons. The molecule has 0 amide bonds. The van der Waals surface area contributed by atoms with Gasteiger partial charge in [-0.3, -0.25) is 4.79 Å². The van der Waals surface area contributed by atoms with E-state index in [0.29, 0.717) is 29.6 Å². The van der Waals surface area contributed by atoms with Gasteiger partial charge in [0.05, 0.1) is 11.3 Å². The van der Waals surface area contributed by atoms with Crippen LogP contribution in [0.4, 0.5) is 0 Å². The van der Waals surface area contributed by atoms with Crippen molar-refractivity contribution >= 4 is 17.0 Å². The molecule has 0 unspecified atom stereocenters. The van der Waals surface area contributed by atoms with E-state index in [1.807, 2.05) is 48.7 Å². The van der Waals surface area contributed by atoms with Crippen molar-refractivity contribution in [1.29, 1.82) is 0 Å². The maximum atomic E-state index is 12.4. The average Bonchev–Trinajstić information content (AvgIpc) is 3.06. The number of fused-ring (bicyclic) bond motifs is 1. The minimum atomic E-state index is -0.954. The van der Waals surface area contributed by atoms with Crippen LogP contribution in [0.2, 0.25) is 0 Å². The van der Waals surface area contributed by atoms with Gasteiger partial charge in [0, 0.05) is 6.54 Å². The summed E-state index contributed by atoms with van der Waals surface area (Å²) in [7, 11) is 0. The Bertz CT molecular complexity index is 1270. The molecule has 7 nitrogen and oxygen atoms in total. The van der Waals surface area contributed by atoms with Gasteiger partial charge in [-0.15, -0.1) is 0 Å². The number of aryl methyl sites for hydroxylation is 2. The number of carboxylic acid groups (broad SMARTS) is 1. The van der Waals surface area contributed by atoms with Crippen molar-refractivity contribution in [2.75, 3.05) is 0 Å². The zero-order chi connectivity index (χ0) is 20.5. The summed E-state index contributed by atoms with van der Waals surface area (Å²) in [6, 6.07) is 14.6. The van der Waals surface area contributed by atoms with Crippen LogP contribution in [0.5, 0.6) is 0 Å². The number of carbonyl (C=O) groups is 1. The van der Waals surface area contributed by atoms with Crippen molar-refractivity contribution in [3.8, 4) is 11.1 Å². The highest BCUT2D eigenvalue weighted by molar-refractivity contribution is 5.96. The average molecular weight is 388 g/mol. The van der Waals surface area contributed by atoms with Crippen LogP contribution in [-0.4, -0.2) is 30.8 Å². The molecule has 0 spiro atoms. The molecular weight excluding hydrogens is 368 g/mol. The Kier molecular flexibility index (Phi) is 4.72. The lowest BCUT2D eigenvalue weighted by Crippen LogP contribution is -2.15. The van der Waals surface area contributed by atoms with Crippen molar-refractivity contribution < 1.29 is 9.90 Å². The summed E-state index contributed by atoms with van der Waals surface area (Å²) in [6.45, 7) is 4.33. The molecule has 0 bridgehead atoms. The number of nitrogens with one attached hydrogen (secondary N) is 1. The largest absolute Gasteiger partial charge is 0.478 e. The van der Waals surface area contributed by atoms with Crippen molar-refractivity contribution in [3.05, 3.63) is 81.5 Å². The molecule has 2 heterocycles. The summed E-state index contributed by atoms with van der Waals surface area (Å²) in [5.41, 5.74) is 4.42. The molecule has 4 rings (SSSR count). The van der Waals surface area contributed by atoms with Gasteiger partial charge in [0.15, 0.2) is 0 Å². The van der Waals surface area contributed by atoms with Gasteiger partial charge in [-0.2, -0.15) is 5.10 Å². The fourth-order valence-corrected chi connectivity index (χ4v) is 3.55. The minimum absolute atomic E-state index is 0.259. The highest BCUT2D eigenvalue weighted by atomic mass is 16.4. The van der Waals surface area contributed by atoms with Gasteiger partial charge in [0.25, 0.3) is 5.56 Å². The third-order valence-corrected chi connectivity index (χ3v) is 5.04. The number of carboxylic acids is 1. The van der Waals surface area contributed by atoms with Crippen molar-refractivity contribution in [2.45, 2.75) is 26.8 Å². The van der Waals surface area contributed by atoms with Crippen LogP contribution >= 0.6 is 0 Å². The third-order valence-electron chi connectivity index (χ3n) is 5.04. The Morgan fingerprint density at radius 3 is 2.55 bits per heavy atom. The molecule has 2 aromatic heterocycles. The van der Waals surface area contributed by atoms with Crippen LogP contribution in [0, 0.1) is 6.92 Å². The van der Waals surface area contributed by atoms with Crippen LogP contribution in [-0.2, 0) is 13.0 Å². The Morgan fingerprint density at radius 1 is 1.14 bits per heavy atom. The summed E-state index contributed by atoms with van der Waals surface area (Å²) >= 11 is 0. The van der Waals surface area contributed by atoms with Gasteiger partial charge >= 0.3 is 5.97 Å². The number of imidazole rings is 1. The predicted molar refractivity (Wildman–Crippen MR) is 110 cm³/mol. The highest BCUT2D eigenvalue weighted by Gasteiger charge is 2.16. The van der Waals surface area contributed by atoms with Crippen LogP contribution in [0.1, 0.15) is 34.4 Å². The molecule has 7 heteroatoms. The van der Waals surface area contributed by atoms with Gasteiger partial charge in [-0.05, 0) is 36.1 Å². The zero-order valence-corrected chi connectivity index (χ0v) is 16.1. The molecule has 0 aliphatic heterocycles. The van der Waals surface area contributed by atoms with E-state index in [9.17, 15) is 14.7 Å². The lowest BCUT2D eigenvalue weighted by molar-refractivity contribution is 0.0697. The number of aromatic carboxylic acids is 1. The third kappa shape index (κ3) is 3.31. The first-order valence-electron chi connectivity index (χ1n) is 9.35.